The van der Waals surface area contributed by atoms with E-state index < -0.39 is 8.80 Å². The van der Waals surface area contributed by atoms with Crippen molar-refractivity contribution in [3.8, 4) is 0 Å². The lowest BCUT2D eigenvalue weighted by molar-refractivity contribution is -0.888. The standard InChI is InChI=1S/C15H28NO3Si.ClH.H4Si/c1-16(2,12-11-15-9-7-6-8-10-15)13-14-20(17-3,18-4)19-5;;/h6-10H,11-14H2,1-5H3;1H;1H4/q+1;;/p-1. The molecular formula is C15H32ClNO3Si2. The maximum absolute atomic E-state index is 5.48. The van der Waals surface area contributed by atoms with Gasteiger partial charge in [-0.05, 0) is 16.5 Å². The molecule has 0 amide bonds. The molecule has 0 bridgehead atoms. The van der Waals surface area contributed by atoms with Crippen LogP contribution in [0.25, 0.3) is 0 Å². The van der Waals surface area contributed by atoms with Crippen LogP contribution in [0, 0.1) is 0 Å². The molecule has 0 aliphatic rings. The molecule has 0 unspecified atom stereocenters. The summed E-state index contributed by atoms with van der Waals surface area (Å²) in [6, 6.07) is 11.4. The molecule has 7 heteroatoms. The van der Waals surface area contributed by atoms with Gasteiger partial charge in [-0.1, -0.05) is 30.3 Å². The normalized spacial score (nSPS) is 11.5. The average Bonchev–Trinajstić information content (AvgIpc) is 2.48. The molecule has 0 N–H and O–H groups in total. The Morgan fingerprint density at radius 3 is 1.86 bits per heavy atom. The summed E-state index contributed by atoms with van der Waals surface area (Å²) in [5.41, 5.74) is 1.38. The van der Waals surface area contributed by atoms with Crippen molar-refractivity contribution >= 4 is 19.8 Å². The Hall–Kier alpha value is -0.216. The van der Waals surface area contributed by atoms with Gasteiger partial charge in [0, 0.05) is 27.8 Å². The van der Waals surface area contributed by atoms with E-state index in [1.165, 1.54) is 5.56 Å². The largest absolute Gasteiger partial charge is 1.00 e. The van der Waals surface area contributed by atoms with Gasteiger partial charge in [0.15, 0.2) is 0 Å². The highest BCUT2D eigenvalue weighted by atomic mass is 35.5. The number of rotatable bonds is 9. The molecule has 0 fully saturated rings. The van der Waals surface area contributed by atoms with Crippen LogP contribution in [0.4, 0.5) is 0 Å². The predicted octanol–water partition coefficient (Wildman–Crippen LogP) is -2.26. The Morgan fingerprint density at radius 2 is 1.41 bits per heavy atom. The van der Waals surface area contributed by atoms with Crippen LogP contribution in [-0.2, 0) is 19.7 Å². The quantitative estimate of drug-likeness (QED) is 0.365. The van der Waals surface area contributed by atoms with Crippen molar-refractivity contribution in [2.45, 2.75) is 12.5 Å². The summed E-state index contributed by atoms with van der Waals surface area (Å²) in [6.07, 6.45) is 1.08. The smallest absolute Gasteiger partial charge is 0.505 e. The zero-order valence-corrected chi connectivity index (χ0v) is 15.5. The Bertz CT molecular complexity index is 381. The molecule has 0 radical (unpaired) electrons. The highest BCUT2D eigenvalue weighted by Crippen LogP contribution is 2.15. The summed E-state index contributed by atoms with van der Waals surface area (Å²) in [4.78, 5) is 0. The van der Waals surface area contributed by atoms with Gasteiger partial charge >= 0.3 is 8.80 Å². The van der Waals surface area contributed by atoms with E-state index in [1.807, 2.05) is 0 Å². The molecule has 1 rings (SSSR count). The summed E-state index contributed by atoms with van der Waals surface area (Å²) in [7, 11) is 7.04. The van der Waals surface area contributed by atoms with Crippen molar-refractivity contribution in [2.24, 2.45) is 0 Å². The molecule has 0 aliphatic carbocycles. The number of benzene rings is 1. The van der Waals surface area contributed by atoms with Gasteiger partial charge in [0.2, 0.25) is 0 Å². The number of quaternary nitrogens is 1. The maximum atomic E-state index is 5.48. The fraction of sp³-hybridized carbons (Fsp3) is 0.600. The molecule has 0 saturated carbocycles. The minimum atomic E-state index is -2.45. The number of halogens is 1. The molecule has 1 aromatic carbocycles. The van der Waals surface area contributed by atoms with Crippen molar-refractivity contribution in [1.29, 1.82) is 0 Å². The third-order valence-corrected chi connectivity index (χ3v) is 6.51. The zero-order chi connectivity index (χ0) is 15.1. The topological polar surface area (TPSA) is 27.7 Å². The third kappa shape index (κ3) is 7.87. The molecule has 4 nitrogen and oxygen atoms in total. The van der Waals surface area contributed by atoms with Crippen molar-refractivity contribution in [2.75, 3.05) is 48.5 Å². The summed E-state index contributed by atoms with van der Waals surface area (Å²) in [5, 5.41) is 0. The SMILES string of the molecule is CO[Si](CC[N+](C)(C)CCc1ccccc1)(OC)OC.[Cl-].[SiH4]. The first-order valence-corrected chi connectivity index (χ1v) is 8.91. The molecule has 0 atom stereocenters. The third-order valence-electron chi connectivity index (χ3n) is 3.80. The van der Waals surface area contributed by atoms with Crippen LogP contribution in [-0.4, -0.2) is 72.8 Å². The highest BCUT2D eigenvalue weighted by Gasteiger charge is 2.39. The van der Waals surface area contributed by atoms with E-state index in [4.69, 9.17) is 13.3 Å². The van der Waals surface area contributed by atoms with Gasteiger partial charge in [0.25, 0.3) is 0 Å². The van der Waals surface area contributed by atoms with E-state index in [2.05, 4.69) is 44.4 Å². The molecule has 0 heterocycles. The minimum Gasteiger partial charge on any atom is -1.00 e. The van der Waals surface area contributed by atoms with E-state index >= 15 is 0 Å². The average molecular weight is 366 g/mol. The van der Waals surface area contributed by atoms with Crippen LogP contribution in [0.3, 0.4) is 0 Å². The van der Waals surface area contributed by atoms with Gasteiger partial charge in [-0.15, -0.1) is 0 Å². The molecule has 0 saturated heterocycles. The van der Waals surface area contributed by atoms with Gasteiger partial charge < -0.3 is 30.2 Å². The van der Waals surface area contributed by atoms with Crippen molar-refractivity contribution < 1.29 is 30.2 Å². The second-order valence-electron chi connectivity index (χ2n) is 5.66. The second-order valence-corrected chi connectivity index (χ2v) is 8.75. The summed E-state index contributed by atoms with van der Waals surface area (Å²) >= 11 is 0. The zero-order valence-electron chi connectivity index (χ0n) is 13.8. The molecule has 0 spiro atoms. The van der Waals surface area contributed by atoms with E-state index in [-0.39, 0.29) is 23.4 Å². The first-order valence-electron chi connectivity index (χ1n) is 6.98. The van der Waals surface area contributed by atoms with Gasteiger partial charge in [-0.25, -0.2) is 0 Å². The lowest BCUT2D eigenvalue weighted by atomic mass is 10.1. The first kappa shape index (κ1) is 24.0. The first-order chi connectivity index (χ1) is 9.47. The summed E-state index contributed by atoms with van der Waals surface area (Å²) < 4.78 is 17.4. The number of nitrogens with zero attached hydrogens (tertiary/aromatic N) is 1. The molecule has 22 heavy (non-hydrogen) atoms. The maximum Gasteiger partial charge on any atom is 0.505 e. The molecular weight excluding hydrogens is 334 g/mol. The van der Waals surface area contributed by atoms with Gasteiger partial charge in [0.05, 0.1) is 33.2 Å². The van der Waals surface area contributed by atoms with Gasteiger partial charge in [0.1, 0.15) is 0 Å². The van der Waals surface area contributed by atoms with E-state index in [9.17, 15) is 0 Å². The number of likely N-dealkylation sites (N-methyl/N-ethyl adjacent to an activating group) is 1. The lowest BCUT2D eigenvalue weighted by Crippen LogP contribution is -3.00. The van der Waals surface area contributed by atoms with Crippen LogP contribution in [0.2, 0.25) is 6.04 Å². The fourth-order valence-electron chi connectivity index (χ4n) is 2.18. The fourth-order valence-corrected chi connectivity index (χ4v) is 4.18. The van der Waals surface area contributed by atoms with E-state index in [0.29, 0.717) is 0 Å². The predicted molar refractivity (Wildman–Crippen MR) is 94.9 cm³/mol. The Balaban J connectivity index is 0. The van der Waals surface area contributed by atoms with Gasteiger partial charge in [-0.2, -0.15) is 0 Å². The minimum absolute atomic E-state index is 0. The van der Waals surface area contributed by atoms with Crippen molar-refractivity contribution in [1.82, 2.24) is 0 Å². The van der Waals surface area contributed by atoms with E-state index in [0.717, 1.165) is 30.0 Å². The molecule has 130 valence electrons. The Kier molecular flexibility index (Phi) is 12.4. The Labute approximate surface area is 147 Å². The van der Waals surface area contributed by atoms with Crippen LogP contribution < -0.4 is 12.4 Å². The lowest BCUT2D eigenvalue weighted by Gasteiger charge is -2.33. The Morgan fingerprint density at radius 1 is 0.909 bits per heavy atom. The van der Waals surface area contributed by atoms with Crippen molar-refractivity contribution in [3.05, 3.63) is 35.9 Å². The van der Waals surface area contributed by atoms with Crippen LogP contribution in [0.15, 0.2) is 30.3 Å². The summed E-state index contributed by atoms with van der Waals surface area (Å²) in [6.45, 7) is 2.07. The van der Waals surface area contributed by atoms with Crippen LogP contribution >= 0.6 is 0 Å². The van der Waals surface area contributed by atoms with Crippen LogP contribution in [0.1, 0.15) is 5.56 Å². The van der Waals surface area contributed by atoms with Gasteiger partial charge in [-0.3, -0.25) is 0 Å². The van der Waals surface area contributed by atoms with E-state index in [1.54, 1.807) is 21.3 Å². The number of hydrogen-bond donors (Lipinski definition) is 0. The number of hydrogen-bond acceptors (Lipinski definition) is 3. The van der Waals surface area contributed by atoms with Crippen molar-refractivity contribution in [3.63, 3.8) is 0 Å². The second kappa shape index (κ2) is 11.3. The highest BCUT2D eigenvalue weighted by molar-refractivity contribution is 6.60. The van der Waals surface area contributed by atoms with Crippen LogP contribution in [0.5, 0.6) is 0 Å². The summed E-state index contributed by atoms with van der Waals surface area (Å²) in [5.74, 6) is 0. The monoisotopic (exact) mass is 365 g/mol. The molecule has 0 aromatic heterocycles. The molecule has 1 aromatic rings. The molecule has 0 aliphatic heterocycles.